The van der Waals surface area contributed by atoms with Crippen molar-refractivity contribution in [2.24, 2.45) is 23.7 Å². The molecular weight excluding hydrogens is 144 g/mol. The van der Waals surface area contributed by atoms with E-state index in [1.165, 1.54) is 12.8 Å². The Kier molecular flexibility index (Phi) is 3.13. The summed E-state index contributed by atoms with van der Waals surface area (Å²) in [7, 11) is 0. The molecule has 4 unspecified atom stereocenters. The highest BCUT2D eigenvalue weighted by Gasteiger charge is 2.34. The first-order valence-electron chi connectivity index (χ1n) is 4.97. The van der Waals surface area contributed by atoms with Gasteiger partial charge in [0.15, 0.2) is 0 Å². The van der Waals surface area contributed by atoms with Gasteiger partial charge in [-0.05, 0) is 36.5 Å². The van der Waals surface area contributed by atoms with Crippen molar-refractivity contribution in [3.63, 3.8) is 0 Å². The number of hydrogen-bond donors (Lipinski definition) is 0. The van der Waals surface area contributed by atoms with Crippen LogP contribution in [0.15, 0.2) is 25.3 Å². The van der Waals surface area contributed by atoms with Gasteiger partial charge < -0.3 is 0 Å². The maximum absolute atomic E-state index is 3.00. The van der Waals surface area contributed by atoms with Crippen molar-refractivity contribution in [1.82, 2.24) is 0 Å². The predicted octanol–water partition coefficient (Wildman–Crippen LogP) is 3.66. The van der Waals surface area contributed by atoms with Crippen molar-refractivity contribution in [2.45, 2.75) is 26.7 Å². The van der Waals surface area contributed by atoms with Gasteiger partial charge in [-0.25, -0.2) is 0 Å². The van der Waals surface area contributed by atoms with Crippen LogP contribution in [-0.2, 0) is 0 Å². The van der Waals surface area contributed by atoms with Crippen molar-refractivity contribution in [3.8, 4) is 0 Å². The Labute approximate surface area is 76.4 Å². The van der Waals surface area contributed by atoms with Crippen molar-refractivity contribution in [3.05, 3.63) is 25.3 Å². The second kappa shape index (κ2) is 3.93. The molecule has 3 rings (SSSR count). The Morgan fingerprint density at radius 3 is 1.42 bits per heavy atom. The molecule has 1 fully saturated rings. The lowest BCUT2D eigenvalue weighted by Crippen LogP contribution is -2.33. The van der Waals surface area contributed by atoms with Crippen LogP contribution in [0, 0.1) is 23.7 Å². The number of rotatable bonds is 0. The molecule has 3 aliphatic carbocycles. The monoisotopic (exact) mass is 164 g/mol. The van der Waals surface area contributed by atoms with Crippen molar-refractivity contribution < 1.29 is 0 Å². The summed E-state index contributed by atoms with van der Waals surface area (Å²) >= 11 is 0. The predicted molar refractivity (Wildman–Crippen MR) is 54.9 cm³/mol. The topological polar surface area (TPSA) is 0 Å². The smallest absolute Gasteiger partial charge is 0.0205 e. The van der Waals surface area contributed by atoms with Gasteiger partial charge in [0.2, 0.25) is 0 Å². The molecule has 0 nitrogen and oxygen atoms in total. The molecule has 0 aliphatic heterocycles. The van der Waals surface area contributed by atoms with Crippen molar-refractivity contribution in [2.75, 3.05) is 0 Å². The van der Waals surface area contributed by atoms with Crippen LogP contribution in [-0.4, -0.2) is 0 Å². The van der Waals surface area contributed by atoms with E-state index >= 15 is 0 Å². The molecule has 0 heteroatoms. The van der Waals surface area contributed by atoms with Crippen LogP contribution < -0.4 is 0 Å². The van der Waals surface area contributed by atoms with E-state index in [4.69, 9.17) is 0 Å². The summed E-state index contributed by atoms with van der Waals surface area (Å²) in [4.78, 5) is 0. The van der Waals surface area contributed by atoms with Gasteiger partial charge in [0, 0.05) is 0 Å². The minimum atomic E-state index is 0.917. The fourth-order valence-corrected chi connectivity index (χ4v) is 2.52. The van der Waals surface area contributed by atoms with Crippen LogP contribution in [0.3, 0.4) is 0 Å². The molecule has 12 heavy (non-hydrogen) atoms. The lowest BCUT2D eigenvalue weighted by atomic mass is 9.64. The minimum Gasteiger partial charge on any atom is -0.106 e. The van der Waals surface area contributed by atoms with Gasteiger partial charge in [0.25, 0.3) is 0 Å². The van der Waals surface area contributed by atoms with E-state index < -0.39 is 0 Å². The van der Waals surface area contributed by atoms with Gasteiger partial charge in [0.1, 0.15) is 0 Å². The summed E-state index contributed by atoms with van der Waals surface area (Å²) in [6.07, 6.45) is 7.79. The first-order chi connectivity index (χ1) is 5.79. The summed E-state index contributed by atoms with van der Waals surface area (Å²) < 4.78 is 0. The zero-order chi connectivity index (χ0) is 9.14. The lowest BCUT2D eigenvalue weighted by molar-refractivity contribution is 0.152. The molecule has 0 aromatic rings. The van der Waals surface area contributed by atoms with E-state index in [0.29, 0.717) is 0 Å². The molecule has 0 aromatic heterocycles. The Balaban J connectivity index is 0.000000336. The third-order valence-corrected chi connectivity index (χ3v) is 3.62. The summed E-state index contributed by atoms with van der Waals surface area (Å²) in [6, 6.07) is 0. The fraction of sp³-hybridized carbons (Fsp3) is 0.667. The first kappa shape index (κ1) is 9.57. The standard InChI is InChI=1S/C10H16.C2H4/c1-7-8(2)10-5-3-9(7)4-6-10;1-2/h3,5,7-10H,4,6H2,1-2H3;1-2H2. The molecule has 0 aromatic carbocycles. The third kappa shape index (κ3) is 1.48. The second-order valence-electron chi connectivity index (χ2n) is 4.01. The Hall–Kier alpha value is -0.520. The van der Waals surface area contributed by atoms with E-state index in [-0.39, 0.29) is 0 Å². The molecule has 0 spiro atoms. The lowest BCUT2D eigenvalue weighted by Gasteiger charge is -2.41. The zero-order valence-corrected chi connectivity index (χ0v) is 8.29. The maximum atomic E-state index is 3.00. The number of allylic oxidation sites excluding steroid dienone is 2. The van der Waals surface area contributed by atoms with Gasteiger partial charge in [-0.2, -0.15) is 0 Å². The molecule has 0 N–H and O–H groups in total. The Morgan fingerprint density at radius 2 is 1.25 bits per heavy atom. The molecule has 4 atom stereocenters. The second-order valence-corrected chi connectivity index (χ2v) is 4.01. The van der Waals surface area contributed by atoms with Crippen LogP contribution in [0.4, 0.5) is 0 Å². The summed E-state index contributed by atoms with van der Waals surface area (Å²) in [5.41, 5.74) is 0. The zero-order valence-electron chi connectivity index (χ0n) is 8.29. The van der Waals surface area contributed by atoms with E-state index in [2.05, 4.69) is 39.2 Å². The molecule has 0 amide bonds. The van der Waals surface area contributed by atoms with Crippen LogP contribution in [0.25, 0.3) is 0 Å². The molecule has 68 valence electrons. The maximum Gasteiger partial charge on any atom is -0.0205 e. The number of fused-ring (bicyclic) bond motifs is 2. The van der Waals surface area contributed by atoms with Crippen LogP contribution in [0.2, 0.25) is 0 Å². The highest BCUT2D eigenvalue weighted by Crippen LogP contribution is 2.43. The largest absolute Gasteiger partial charge is 0.106 e. The van der Waals surface area contributed by atoms with Crippen LogP contribution in [0.1, 0.15) is 26.7 Å². The molecule has 0 radical (unpaired) electrons. The Morgan fingerprint density at radius 1 is 0.917 bits per heavy atom. The van der Waals surface area contributed by atoms with Crippen molar-refractivity contribution in [1.29, 1.82) is 0 Å². The van der Waals surface area contributed by atoms with E-state index in [9.17, 15) is 0 Å². The average molecular weight is 164 g/mol. The van der Waals surface area contributed by atoms with Crippen LogP contribution in [0.5, 0.6) is 0 Å². The van der Waals surface area contributed by atoms with Gasteiger partial charge in [0.05, 0.1) is 0 Å². The summed E-state index contributed by atoms with van der Waals surface area (Å²) in [5, 5.41) is 0. The molecule has 3 aliphatic rings. The molecule has 0 saturated heterocycles. The molecule has 2 bridgehead atoms. The summed E-state index contributed by atoms with van der Waals surface area (Å²) in [6.45, 7) is 10.8. The molecular formula is C12H20. The van der Waals surface area contributed by atoms with Gasteiger partial charge in [-0.15, -0.1) is 13.2 Å². The van der Waals surface area contributed by atoms with E-state index in [0.717, 1.165) is 23.7 Å². The normalized spacial score (nSPS) is 43.5. The average Bonchev–Trinajstić information content (AvgIpc) is 2.17. The van der Waals surface area contributed by atoms with Crippen molar-refractivity contribution >= 4 is 0 Å². The minimum absolute atomic E-state index is 0.917. The molecule has 0 heterocycles. The summed E-state index contributed by atoms with van der Waals surface area (Å²) in [5.74, 6) is 3.73. The van der Waals surface area contributed by atoms with Gasteiger partial charge >= 0.3 is 0 Å². The fourth-order valence-electron chi connectivity index (χ4n) is 2.52. The number of hydrogen-bond acceptors (Lipinski definition) is 0. The van der Waals surface area contributed by atoms with Gasteiger partial charge in [-0.3, -0.25) is 0 Å². The van der Waals surface area contributed by atoms with E-state index in [1.54, 1.807) is 0 Å². The van der Waals surface area contributed by atoms with Gasteiger partial charge in [-0.1, -0.05) is 26.0 Å². The third-order valence-electron chi connectivity index (χ3n) is 3.62. The van der Waals surface area contributed by atoms with E-state index in [1.807, 2.05) is 0 Å². The first-order valence-corrected chi connectivity index (χ1v) is 4.97. The highest BCUT2D eigenvalue weighted by atomic mass is 14.4. The Bertz CT molecular complexity index is 151. The highest BCUT2D eigenvalue weighted by molar-refractivity contribution is 5.07. The molecule has 1 saturated carbocycles. The quantitative estimate of drug-likeness (QED) is 0.479. The SMILES string of the molecule is C=C.CC1C2C=CC(CC2)C1C. The van der Waals surface area contributed by atoms with Crippen LogP contribution >= 0.6 is 0 Å².